The van der Waals surface area contributed by atoms with Crippen molar-refractivity contribution < 1.29 is 9.21 Å². The van der Waals surface area contributed by atoms with Crippen LogP contribution >= 0.6 is 15.9 Å². The Morgan fingerprint density at radius 1 is 1.37 bits per heavy atom. The standard InChI is InChI=1S/C19H21BrN4O3/c1-23(2)10-15(25)24-7-5-11(6-8-24)18-21-16-13-9-12(20)3-4-14(13)27-17(16)19(26)22-18/h3-4,9,11H,5-8,10H2,1-2H3,(H,21,22,26). The number of furan rings is 1. The van der Waals surface area contributed by atoms with Crippen LogP contribution in [0.25, 0.3) is 22.1 Å². The molecule has 1 aliphatic heterocycles. The molecule has 1 aliphatic rings. The van der Waals surface area contributed by atoms with Crippen LogP contribution in [0.4, 0.5) is 0 Å². The first kappa shape index (κ1) is 18.2. The zero-order valence-electron chi connectivity index (χ0n) is 15.3. The fourth-order valence-corrected chi connectivity index (χ4v) is 3.97. The van der Waals surface area contributed by atoms with Gasteiger partial charge < -0.3 is 19.2 Å². The Labute approximate surface area is 164 Å². The summed E-state index contributed by atoms with van der Waals surface area (Å²) < 4.78 is 6.59. The number of aromatic nitrogens is 2. The van der Waals surface area contributed by atoms with E-state index in [1.807, 2.05) is 42.1 Å². The number of hydrogen-bond acceptors (Lipinski definition) is 5. The van der Waals surface area contributed by atoms with Gasteiger partial charge in [-0.2, -0.15) is 0 Å². The maximum absolute atomic E-state index is 12.5. The van der Waals surface area contributed by atoms with E-state index in [0.29, 0.717) is 36.6 Å². The van der Waals surface area contributed by atoms with E-state index < -0.39 is 0 Å². The van der Waals surface area contributed by atoms with Crippen molar-refractivity contribution in [3.8, 4) is 0 Å². The molecule has 0 unspecified atom stereocenters. The van der Waals surface area contributed by atoms with Crippen LogP contribution in [0.1, 0.15) is 24.6 Å². The average molecular weight is 433 g/mol. The molecule has 3 heterocycles. The summed E-state index contributed by atoms with van der Waals surface area (Å²) in [6.45, 7) is 1.77. The monoisotopic (exact) mass is 432 g/mol. The quantitative estimate of drug-likeness (QED) is 0.687. The van der Waals surface area contributed by atoms with Crippen molar-refractivity contribution in [2.24, 2.45) is 0 Å². The number of nitrogens with zero attached hydrogens (tertiary/aromatic N) is 3. The Morgan fingerprint density at radius 3 is 2.81 bits per heavy atom. The Balaban J connectivity index is 1.61. The van der Waals surface area contributed by atoms with Gasteiger partial charge in [0.15, 0.2) is 0 Å². The summed E-state index contributed by atoms with van der Waals surface area (Å²) in [5, 5.41) is 0.824. The smallest absolute Gasteiger partial charge is 0.294 e. The topological polar surface area (TPSA) is 82.4 Å². The highest BCUT2D eigenvalue weighted by atomic mass is 79.9. The maximum atomic E-state index is 12.5. The van der Waals surface area contributed by atoms with E-state index in [-0.39, 0.29) is 23.0 Å². The van der Waals surface area contributed by atoms with Gasteiger partial charge in [-0.3, -0.25) is 9.59 Å². The second kappa shape index (κ2) is 7.09. The van der Waals surface area contributed by atoms with Crippen molar-refractivity contribution in [1.82, 2.24) is 19.8 Å². The Kier molecular flexibility index (Phi) is 4.77. The van der Waals surface area contributed by atoms with Crippen molar-refractivity contribution >= 4 is 43.9 Å². The normalized spacial score (nSPS) is 15.9. The minimum absolute atomic E-state index is 0.127. The first-order chi connectivity index (χ1) is 12.9. The summed E-state index contributed by atoms with van der Waals surface area (Å²) in [4.78, 5) is 36.1. The number of carbonyl (C=O) groups excluding carboxylic acids is 1. The van der Waals surface area contributed by atoms with Gasteiger partial charge in [0.2, 0.25) is 11.5 Å². The molecule has 27 heavy (non-hydrogen) atoms. The summed E-state index contributed by atoms with van der Waals surface area (Å²) in [6.07, 6.45) is 1.57. The SMILES string of the molecule is CN(C)CC(=O)N1CCC(c2nc3c(oc4ccc(Br)cc43)c(=O)[nH]2)CC1. The molecule has 1 saturated heterocycles. The van der Waals surface area contributed by atoms with E-state index >= 15 is 0 Å². The molecule has 2 aromatic heterocycles. The molecule has 0 bridgehead atoms. The lowest BCUT2D eigenvalue weighted by molar-refractivity contribution is -0.132. The molecule has 142 valence electrons. The van der Waals surface area contributed by atoms with Gasteiger partial charge in [0.25, 0.3) is 5.56 Å². The van der Waals surface area contributed by atoms with Crippen LogP contribution in [0.3, 0.4) is 0 Å². The molecule has 1 N–H and O–H groups in total. The average Bonchev–Trinajstić information content (AvgIpc) is 3.00. The second-order valence-electron chi connectivity index (χ2n) is 7.26. The molecule has 0 atom stereocenters. The van der Waals surface area contributed by atoms with Gasteiger partial charge in [0, 0.05) is 28.9 Å². The van der Waals surface area contributed by atoms with Crippen LogP contribution in [-0.4, -0.2) is 59.4 Å². The highest BCUT2D eigenvalue weighted by Gasteiger charge is 2.26. The largest absolute Gasteiger partial charge is 0.449 e. The third kappa shape index (κ3) is 3.51. The molecule has 1 fully saturated rings. The minimum atomic E-state index is -0.256. The van der Waals surface area contributed by atoms with Crippen LogP contribution in [0, 0.1) is 0 Å². The number of likely N-dealkylation sites (tertiary alicyclic amines) is 1. The number of fused-ring (bicyclic) bond motifs is 3. The van der Waals surface area contributed by atoms with Crippen LogP contribution in [0.2, 0.25) is 0 Å². The lowest BCUT2D eigenvalue weighted by Crippen LogP contribution is -2.42. The number of nitrogens with one attached hydrogen (secondary N) is 1. The van der Waals surface area contributed by atoms with Crippen LogP contribution < -0.4 is 5.56 Å². The van der Waals surface area contributed by atoms with Gasteiger partial charge in [-0.25, -0.2) is 4.98 Å². The van der Waals surface area contributed by atoms with E-state index in [9.17, 15) is 9.59 Å². The molecule has 3 aromatic rings. The number of hydrogen-bond donors (Lipinski definition) is 1. The molecule has 1 aromatic carbocycles. The van der Waals surface area contributed by atoms with Gasteiger partial charge >= 0.3 is 0 Å². The zero-order chi connectivity index (χ0) is 19.1. The zero-order valence-corrected chi connectivity index (χ0v) is 16.9. The Bertz CT molecular complexity index is 1060. The number of carbonyl (C=O) groups is 1. The first-order valence-corrected chi connectivity index (χ1v) is 9.76. The highest BCUT2D eigenvalue weighted by molar-refractivity contribution is 9.10. The van der Waals surface area contributed by atoms with Crippen molar-refractivity contribution in [2.75, 3.05) is 33.7 Å². The fraction of sp³-hybridized carbons (Fsp3) is 0.421. The molecule has 1 amide bonds. The molecule has 0 aliphatic carbocycles. The van der Waals surface area contributed by atoms with Gasteiger partial charge in [-0.1, -0.05) is 15.9 Å². The van der Waals surface area contributed by atoms with Crippen LogP contribution in [0.5, 0.6) is 0 Å². The molecule has 7 nitrogen and oxygen atoms in total. The lowest BCUT2D eigenvalue weighted by Gasteiger charge is -2.32. The van der Waals surface area contributed by atoms with E-state index in [1.165, 1.54) is 0 Å². The van der Waals surface area contributed by atoms with Crippen molar-refractivity contribution in [3.05, 3.63) is 38.9 Å². The lowest BCUT2D eigenvalue weighted by atomic mass is 9.95. The minimum Gasteiger partial charge on any atom is -0.449 e. The van der Waals surface area contributed by atoms with Crippen LogP contribution in [0.15, 0.2) is 31.9 Å². The number of rotatable bonds is 3. The maximum Gasteiger partial charge on any atom is 0.294 e. The van der Waals surface area contributed by atoms with Gasteiger partial charge in [0.1, 0.15) is 16.9 Å². The molecule has 8 heteroatoms. The number of piperidine rings is 1. The molecular weight excluding hydrogens is 412 g/mol. The van der Waals surface area contributed by atoms with E-state index in [0.717, 1.165) is 22.7 Å². The van der Waals surface area contributed by atoms with Gasteiger partial charge in [-0.15, -0.1) is 0 Å². The third-order valence-corrected chi connectivity index (χ3v) is 5.48. The van der Waals surface area contributed by atoms with Gasteiger partial charge in [-0.05, 0) is 45.1 Å². The number of H-pyrrole nitrogens is 1. The number of likely N-dealkylation sites (N-methyl/N-ethyl adjacent to an activating group) is 1. The highest BCUT2D eigenvalue weighted by Crippen LogP contribution is 2.30. The summed E-state index contributed by atoms with van der Waals surface area (Å²) in [5.74, 6) is 0.943. The van der Waals surface area contributed by atoms with Crippen molar-refractivity contribution in [1.29, 1.82) is 0 Å². The summed E-state index contributed by atoms with van der Waals surface area (Å²) >= 11 is 3.46. The van der Waals surface area contributed by atoms with E-state index in [1.54, 1.807) is 0 Å². The van der Waals surface area contributed by atoms with Crippen LogP contribution in [-0.2, 0) is 4.79 Å². The number of halogens is 1. The van der Waals surface area contributed by atoms with Crippen molar-refractivity contribution in [3.63, 3.8) is 0 Å². The molecule has 0 saturated carbocycles. The van der Waals surface area contributed by atoms with E-state index in [4.69, 9.17) is 9.40 Å². The molecular formula is C19H21BrN4O3. The molecule has 4 rings (SSSR count). The number of benzene rings is 1. The summed E-state index contributed by atoms with van der Waals surface area (Å²) in [6, 6.07) is 5.62. The first-order valence-electron chi connectivity index (χ1n) is 8.97. The third-order valence-electron chi connectivity index (χ3n) is 4.99. The summed E-state index contributed by atoms with van der Waals surface area (Å²) in [5.41, 5.74) is 1.24. The number of amides is 1. The van der Waals surface area contributed by atoms with Crippen molar-refractivity contribution in [2.45, 2.75) is 18.8 Å². The Hall–Kier alpha value is -2.19. The fourth-order valence-electron chi connectivity index (χ4n) is 3.61. The summed E-state index contributed by atoms with van der Waals surface area (Å²) in [7, 11) is 3.78. The predicted molar refractivity (Wildman–Crippen MR) is 107 cm³/mol. The predicted octanol–water partition coefficient (Wildman–Crippen LogP) is 2.70. The molecule has 0 spiro atoms. The molecule has 0 radical (unpaired) electrons. The Morgan fingerprint density at radius 2 is 2.11 bits per heavy atom. The van der Waals surface area contributed by atoms with E-state index in [2.05, 4.69) is 20.9 Å². The second-order valence-corrected chi connectivity index (χ2v) is 8.18. The number of aromatic amines is 1. The van der Waals surface area contributed by atoms with Gasteiger partial charge in [0.05, 0.1) is 6.54 Å².